The Hall–Kier alpha value is -2.52. The highest BCUT2D eigenvalue weighted by molar-refractivity contribution is 5.70. The molecule has 0 radical (unpaired) electrons. The largest absolute Gasteiger partial charge is 0.466 e. The molecule has 0 saturated carbocycles. The van der Waals surface area contributed by atoms with Crippen LogP contribution in [-0.4, -0.2) is 58.5 Å². The smallest absolute Gasteiger partial charge is 0.306 e. The predicted octanol–water partition coefficient (Wildman–Crippen LogP) is 3.01. The van der Waals surface area contributed by atoms with Crippen LogP contribution in [0.25, 0.3) is 11.4 Å². The van der Waals surface area contributed by atoms with E-state index in [0.29, 0.717) is 25.6 Å². The summed E-state index contributed by atoms with van der Waals surface area (Å²) in [6, 6.07) is 4.08. The molecule has 9 heteroatoms. The van der Waals surface area contributed by atoms with E-state index in [4.69, 9.17) is 19.2 Å². The van der Waals surface area contributed by atoms with Gasteiger partial charge in [0.25, 0.3) is 0 Å². The molecule has 4 rings (SSSR count). The number of hydrogen-bond donors (Lipinski definition) is 0. The number of esters is 1. The Balaban J connectivity index is 1.43. The molecule has 2 fully saturated rings. The second kappa shape index (κ2) is 10.4. The Morgan fingerprint density at radius 2 is 2.16 bits per heavy atom. The first-order valence-electron chi connectivity index (χ1n) is 11.6. The number of rotatable bonds is 8. The van der Waals surface area contributed by atoms with Crippen LogP contribution in [0.4, 0.5) is 5.69 Å². The van der Waals surface area contributed by atoms with Crippen LogP contribution in [0.2, 0.25) is 0 Å². The third-order valence-corrected chi connectivity index (χ3v) is 6.17. The van der Waals surface area contributed by atoms with Crippen LogP contribution >= 0.6 is 0 Å². The van der Waals surface area contributed by atoms with Crippen LogP contribution in [0, 0.1) is 12.8 Å². The van der Waals surface area contributed by atoms with Crippen LogP contribution in [0.1, 0.15) is 50.4 Å². The lowest BCUT2D eigenvalue weighted by Gasteiger charge is -2.23. The molecule has 9 nitrogen and oxygen atoms in total. The highest BCUT2D eigenvalue weighted by Gasteiger charge is 2.27. The molecule has 2 aromatic rings. The summed E-state index contributed by atoms with van der Waals surface area (Å²) in [5.74, 6) is 0.208. The van der Waals surface area contributed by atoms with E-state index in [1.807, 2.05) is 27.0 Å². The summed E-state index contributed by atoms with van der Waals surface area (Å²) >= 11 is 0. The summed E-state index contributed by atoms with van der Waals surface area (Å²) in [5.41, 5.74) is 4.43. The average molecular weight is 444 g/mol. The molecule has 0 aromatic carbocycles. The quantitative estimate of drug-likeness (QED) is 0.575. The van der Waals surface area contributed by atoms with Crippen LogP contribution in [0.15, 0.2) is 12.1 Å². The van der Waals surface area contributed by atoms with Gasteiger partial charge in [0.1, 0.15) is 5.69 Å². The second-order valence-electron chi connectivity index (χ2n) is 8.53. The first-order chi connectivity index (χ1) is 15.5. The van der Waals surface area contributed by atoms with Crippen molar-refractivity contribution >= 4 is 11.7 Å². The minimum absolute atomic E-state index is 0.111. The van der Waals surface area contributed by atoms with Crippen LogP contribution in [0.3, 0.4) is 0 Å². The predicted molar refractivity (Wildman–Crippen MR) is 119 cm³/mol. The molecule has 0 N–H and O–H groups in total. The Morgan fingerprint density at radius 1 is 1.28 bits per heavy atom. The van der Waals surface area contributed by atoms with Crippen molar-refractivity contribution < 1.29 is 19.0 Å². The van der Waals surface area contributed by atoms with E-state index < -0.39 is 0 Å². The van der Waals surface area contributed by atoms with Gasteiger partial charge in [-0.15, -0.1) is 5.10 Å². The minimum atomic E-state index is -0.165. The van der Waals surface area contributed by atoms with Gasteiger partial charge in [0.2, 0.25) is 0 Å². The van der Waals surface area contributed by atoms with Crippen molar-refractivity contribution in [2.24, 2.45) is 13.0 Å². The monoisotopic (exact) mass is 443 g/mol. The van der Waals surface area contributed by atoms with E-state index in [0.717, 1.165) is 73.8 Å². The van der Waals surface area contributed by atoms with E-state index >= 15 is 0 Å². The van der Waals surface area contributed by atoms with Crippen LogP contribution < -0.4 is 4.90 Å². The minimum Gasteiger partial charge on any atom is -0.466 e. The van der Waals surface area contributed by atoms with Crippen molar-refractivity contribution in [3.8, 4) is 11.4 Å². The molecular weight excluding hydrogens is 410 g/mol. The van der Waals surface area contributed by atoms with Crippen molar-refractivity contribution in [1.82, 2.24) is 20.0 Å². The topological polar surface area (TPSA) is 91.6 Å². The zero-order chi connectivity index (χ0) is 22.5. The molecule has 32 heavy (non-hydrogen) atoms. The van der Waals surface area contributed by atoms with Gasteiger partial charge in [-0.1, -0.05) is 5.21 Å². The molecule has 2 atom stereocenters. The van der Waals surface area contributed by atoms with E-state index in [1.165, 1.54) is 0 Å². The molecule has 174 valence electrons. The van der Waals surface area contributed by atoms with Gasteiger partial charge in [-0.25, -0.2) is 9.67 Å². The van der Waals surface area contributed by atoms with Crippen molar-refractivity contribution in [2.45, 2.75) is 58.8 Å². The lowest BCUT2D eigenvalue weighted by atomic mass is 10.1. The molecule has 0 aliphatic carbocycles. The SMILES string of the molecule is CCOC(=O)CC1CCN(c2ccc(-c3nnn(C)c3COC3CCCCO3)nc2C)C1. The maximum Gasteiger partial charge on any atom is 0.306 e. The number of aryl methyl sites for hydroxylation is 2. The third-order valence-electron chi connectivity index (χ3n) is 6.17. The van der Waals surface area contributed by atoms with Gasteiger partial charge in [-0.05, 0) is 57.6 Å². The molecule has 2 aliphatic rings. The van der Waals surface area contributed by atoms with Gasteiger partial charge in [0.05, 0.1) is 42.4 Å². The second-order valence-corrected chi connectivity index (χ2v) is 8.53. The zero-order valence-corrected chi connectivity index (χ0v) is 19.2. The molecule has 2 unspecified atom stereocenters. The zero-order valence-electron chi connectivity index (χ0n) is 19.2. The van der Waals surface area contributed by atoms with Crippen molar-refractivity contribution in [3.63, 3.8) is 0 Å². The molecular formula is C23H33N5O4. The summed E-state index contributed by atoms with van der Waals surface area (Å²) in [7, 11) is 1.87. The van der Waals surface area contributed by atoms with Crippen molar-refractivity contribution in [3.05, 3.63) is 23.5 Å². The number of aromatic nitrogens is 4. The van der Waals surface area contributed by atoms with E-state index in [9.17, 15) is 4.79 Å². The molecule has 2 aliphatic heterocycles. The number of ether oxygens (including phenoxy) is 3. The highest BCUT2D eigenvalue weighted by Crippen LogP contribution is 2.30. The highest BCUT2D eigenvalue weighted by atomic mass is 16.7. The average Bonchev–Trinajstić information content (AvgIpc) is 3.39. The number of anilines is 1. The number of carbonyl (C=O) groups is 1. The van der Waals surface area contributed by atoms with Crippen LogP contribution in [-0.2, 0) is 32.7 Å². The first kappa shape index (κ1) is 22.7. The Kier molecular flexibility index (Phi) is 7.36. The summed E-state index contributed by atoms with van der Waals surface area (Å²) in [4.78, 5) is 19.0. The lowest BCUT2D eigenvalue weighted by Crippen LogP contribution is -2.22. The van der Waals surface area contributed by atoms with Gasteiger partial charge in [0, 0.05) is 26.7 Å². The Labute approximate surface area is 189 Å². The molecule has 2 saturated heterocycles. The summed E-state index contributed by atoms with van der Waals surface area (Å²) in [6.07, 6.45) is 4.42. The summed E-state index contributed by atoms with van der Waals surface area (Å²) in [6.45, 7) is 7.18. The molecule has 4 heterocycles. The Morgan fingerprint density at radius 3 is 2.91 bits per heavy atom. The summed E-state index contributed by atoms with van der Waals surface area (Å²) < 4.78 is 18.5. The van der Waals surface area contributed by atoms with E-state index in [2.05, 4.69) is 21.3 Å². The molecule has 0 spiro atoms. The third kappa shape index (κ3) is 5.27. The molecule has 2 aromatic heterocycles. The number of carbonyl (C=O) groups excluding carboxylic acids is 1. The lowest BCUT2D eigenvalue weighted by molar-refractivity contribution is -0.169. The fourth-order valence-electron chi connectivity index (χ4n) is 4.45. The van der Waals surface area contributed by atoms with Crippen molar-refractivity contribution in [1.29, 1.82) is 0 Å². The van der Waals surface area contributed by atoms with Gasteiger partial charge in [0.15, 0.2) is 6.29 Å². The number of pyridine rings is 1. The van der Waals surface area contributed by atoms with Gasteiger partial charge in [-0.3, -0.25) is 4.79 Å². The molecule has 0 amide bonds. The normalized spacial score (nSPS) is 21.2. The van der Waals surface area contributed by atoms with Crippen LogP contribution in [0.5, 0.6) is 0 Å². The van der Waals surface area contributed by atoms with E-state index in [-0.39, 0.29) is 12.3 Å². The van der Waals surface area contributed by atoms with E-state index in [1.54, 1.807) is 4.68 Å². The van der Waals surface area contributed by atoms with Crippen molar-refractivity contribution in [2.75, 3.05) is 31.2 Å². The fraction of sp³-hybridized carbons (Fsp3) is 0.652. The maximum absolute atomic E-state index is 11.8. The van der Waals surface area contributed by atoms with Gasteiger partial charge in [-0.2, -0.15) is 0 Å². The number of hydrogen-bond acceptors (Lipinski definition) is 8. The standard InChI is InChI=1S/C23H33N5O4/c1-4-30-21(29)13-17-10-11-28(14-17)19-9-8-18(24-16(19)2)23-20(27(3)26-25-23)15-32-22-7-5-6-12-31-22/h8-9,17,22H,4-7,10-15H2,1-3H3. The molecule has 0 bridgehead atoms. The summed E-state index contributed by atoms with van der Waals surface area (Å²) in [5, 5.41) is 8.54. The fourth-order valence-corrected chi connectivity index (χ4v) is 4.45. The Bertz CT molecular complexity index is 925. The maximum atomic E-state index is 11.8. The van der Waals surface area contributed by atoms with Gasteiger partial charge < -0.3 is 19.1 Å². The van der Waals surface area contributed by atoms with Gasteiger partial charge >= 0.3 is 5.97 Å². The first-order valence-corrected chi connectivity index (χ1v) is 11.6. The number of nitrogens with zero attached hydrogens (tertiary/aromatic N) is 5.